The number of para-hydroxylation sites is 1. The number of carbonyl (C=O) groups is 2. The van der Waals surface area contributed by atoms with Gasteiger partial charge in [0, 0.05) is 17.1 Å². The minimum Gasteiger partial charge on any atom is -0.360 e. The smallest absolute Gasteiger partial charge is 0.292 e. The average molecular weight is 364 g/mol. The number of aromatic amines is 1. The number of rotatable bonds is 5. The molecule has 4 rings (SSSR count). The Balaban J connectivity index is 1.50. The maximum Gasteiger partial charge on any atom is 0.292 e. The van der Waals surface area contributed by atoms with Crippen LogP contribution in [0.15, 0.2) is 54.7 Å². The first kappa shape index (κ1) is 16.6. The van der Waals surface area contributed by atoms with Crippen molar-refractivity contribution in [1.82, 2.24) is 30.5 Å². The molecule has 0 fully saturated rings. The van der Waals surface area contributed by atoms with Gasteiger partial charge in [-0.1, -0.05) is 24.3 Å². The Morgan fingerprint density at radius 1 is 1.15 bits per heavy atom. The van der Waals surface area contributed by atoms with E-state index in [1.165, 1.54) is 29.1 Å². The van der Waals surface area contributed by atoms with Crippen LogP contribution in [0, 0.1) is 5.82 Å². The lowest BCUT2D eigenvalue weighted by Gasteiger charge is -2.06. The Hall–Kier alpha value is -3.88. The summed E-state index contributed by atoms with van der Waals surface area (Å²) in [7, 11) is 0. The number of tetrazole rings is 1. The maximum atomic E-state index is 13.4. The number of benzene rings is 2. The van der Waals surface area contributed by atoms with Gasteiger partial charge in [0.05, 0.1) is 17.8 Å². The van der Waals surface area contributed by atoms with Gasteiger partial charge >= 0.3 is 0 Å². The van der Waals surface area contributed by atoms with E-state index in [0.29, 0.717) is 11.1 Å². The van der Waals surface area contributed by atoms with E-state index in [9.17, 15) is 14.0 Å². The first-order valence-electron chi connectivity index (χ1n) is 8.05. The number of hydrogen-bond donors (Lipinski definition) is 2. The second kappa shape index (κ2) is 6.79. The number of amides is 1. The number of halogens is 1. The zero-order valence-corrected chi connectivity index (χ0v) is 13.9. The fourth-order valence-electron chi connectivity index (χ4n) is 2.75. The summed E-state index contributed by atoms with van der Waals surface area (Å²) in [6.07, 6.45) is 1.50. The van der Waals surface area contributed by atoms with Gasteiger partial charge in [-0.25, -0.2) is 4.39 Å². The summed E-state index contributed by atoms with van der Waals surface area (Å²) in [5.74, 6) is -1.63. The number of nitrogens with zero attached hydrogens (tertiary/aromatic N) is 4. The quantitative estimate of drug-likeness (QED) is 0.415. The van der Waals surface area contributed by atoms with Gasteiger partial charge in [-0.2, -0.15) is 4.68 Å². The molecule has 2 aromatic carbocycles. The number of nitrogens with one attached hydrogen (secondary N) is 2. The third-order valence-electron chi connectivity index (χ3n) is 4.03. The number of aromatic nitrogens is 5. The summed E-state index contributed by atoms with van der Waals surface area (Å²) >= 11 is 0. The van der Waals surface area contributed by atoms with Gasteiger partial charge in [-0.15, -0.1) is 5.10 Å². The van der Waals surface area contributed by atoms with Crippen molar-refractivity contribution in [2.24, 2.45) is 0 Å². The molecule has 0 aliphatic rings. The van der Waals surface area contributed by atoms with Crippen molar-refractivity contribution >= 4 is 22.6 Å². The topological polar surface area (TPSA) is 106 Å². The van der Waals surface area contributed by atoms with Gasteiger partial charge in [0.15, 0.2) is 5.82 Å². The molecule has 2 N–H and O–H groups in total. The van der Waals surface area contributed by atoms with Crippen LogP contribution in [0.3, 0.4) is 0 Å². The predicted octanol–water partition coefficient (Wildman–Crippen LogP) is 1.78. The molecule has 0 radical (unpaired) electrons. The summed E-state index contributed by atoms with van der Waals surface area (Å²) in [6, 6.07) is 12.9. The Morgan fingerprint density at radius 2 is 2.00 bits per heavy atom. The zero-order chi connectivity index (χ0) is 18.8. The van der Waals surface area contributed by atoms with Crippen LogP contribution in [0.2, 0.25) is 0 Å². The molecule has 0 aliphatic heterocycles. The standard InChI is InChI=1S/C18H13FN6O2/c19-11-4-3-5-12(8-11)25-16(22-23-24-25)10-21-18(27)17(26)14-9-20-15-7-2-1-6-13(14)15/h1-9,20H,10H2,(H,21,27). The zero-order valence-electron chi connectivity index (χ0n) is 13.9. The number of carbonyl (C=O) groups excluding carboxylic acids is 2. The summed E-state index contributed by atoms with van der Waals surface area (Å²) in [6.45, 7) is -0.0869. The molecule has 0 spiro atoms. The molecule has 134 valence electrons. The SMILES string of the molecule is O=C(NCc1nnnn1-c1cccc(F)c1)C(=O)c1c[nH]c2ccccc12. The van der Waals surface area contributed by atoms with Crippen molar-refractivity contribution in [2.75, 3.05) is 0 Å². The molecular formula is C18H13FN6O2. The Kier molecular flexibility index (Phi) is 4.17. The van der Waals surface area contributed by atoms with Crippen LogP contribution in [-0.2, 0) is 11.3 Å². The minimum absolute atomic E-state index is 0.0869. The van der Waals surface area contributed by atoms with E-state index < -0.39 is 17.5 Å². The predicted molar refractivity (Wildman–Crippen MR) is 93.6 cm³/mol. The first-order valence-corrected chi connectivity index (χ1v) is 8.05. The van der Waals surface area contributed by atoms with Crippen molar-refractivity contribution in [3.63, 3.8) is 0 Å². The third-order valence-corrected chi connectivity index (χ3v) is 4.03. The average Bonchev–Trinajstić information content (AvgIpc) is 3.32. The van der Waals surface area contributed by atoms with E-state index in [4.69, 9.17) is 0 Å². The third kappa shape index (κ3) is 3.17. The van der Waals surface area contributed by atoms with E-state index >= 15 is 0 Å². The largest absolute Gasteiger partial charge is 0.360 e. The van der Waals surface area contributed by atoms with Gasteiger partial charge in [-0.05, 0) is 34.7 Å². The molecule has 1 amide bonds. The van der Waals surface area contributed by atoms with Crippen LogP contribution >= 0.6 is 0 Å². The number of ketones is 1. The molecule has 0 atom stereocenters. The van der Waals surface area contributed by atoms with Crippen LogP contribution < -0.4 is 5.32 Å². The number of hydrogen-bond acceptors (Lipinski definition) is 5. The van der Waals surface area contributed by atoms with Gasteiger partial charge in [0.1, 0.15) is 5.82 Å². The van der Waals surface area contributed by atoms with Gasteiger partial charge in [0.2, 0.25) is 0 Å². The van der Waals surface area contributed by atoms with Crippen LogP contribution in [-0.4, -0.2) is 36.9 Å². The Bertz CT molecular complexity index is 1150. The first-order chi connectivity index (χ1) is 13.1. The van der Waals surface area contributed by atoms with Crippen molar-refractivity contribution in [1.29, 1.82) is 0 Å². The second-order valence-corrected chi connectivity index (χ2v) is 5.75. The van der Waals surface area contributed by atoms with E-state index in [1.807, 2.05) is 12.1 Å². The van der Waals surface area contributed by atoms with Gasteiger partial charge in [0.25, 0.3) is 11.7 Å². The molecular weight excluding hydrogens is 351 g/mol. The fourth-order valence-corrected chi connectivity index (χ4v) is 2.75. The summed E-state index contributed by atoms with van der Waals surface area (Å²) < 4.78 is 14.7. The van der Waals surface area contributed by atoms with Crippen LogP contribution in [0.4, 0.5) is 4.39 Å². The number of Topliss-reactive ketones (excluding diaryl/α,β-unsaturated/α-hetero) is 1. The molecule has 27 heavy (non-hydrogen) atoms. The normalized spacial score (nSPS) is 10.9. The van der Waals surface area contributed by atoms with Crippen LogP contribution in [0.1, 0.15) is 16.2 Å². The lowest BCUT2D eigenvalue weighted by atomic mass is 10.1. The number of H-pyrrole nitrogens is 1. The minimum atomic E-state index is -0.784. The molecule has 0 bridgehead atoms. The highest BCUT2D eigenvalue weighted by atomic mass is 19.1. The summed E-state index contributed by atoms with van der Waals surface area (Å²) in [4.78, 5) is 27.7. The molecule has 4 aromatic rings. The monoisotopic (exact) mass is 364 g/mol. The van der Waals surface area contributed by atoms with Crippen LogP contribution in [0.25, 0.3) is 16.6 Å². The fraction of sp³-hybridized carbons (Fsp3) is 0.0556. The molecule has 9 heteroatoms. The molecule has 2 aromatic heterocycles. The second-order valence-electron chi connectivity index (χ2n) is 5.75. The highest BCUT2D eigenvalue weighted by Gasteiger charge is 2.20. The van der Waals surface area contributed by atoms with E-state index in [-0.39, 0.29) is 17.9 Å². The molecule has 0 saturated heterocycles. The lowest BCUT2D eigenvalue weighted by molar-refractivity contribution is -0.117. The van der Waals surface area contributed by atoms with Crippen LogP contribution in [0.5, 0.6) is 0 Å². The molecule has 0 saturated carbocycles. The molecule has 8 nitrogen and oxygen atoms in total. The van der Waals surface area contributed by atoms with Crippen molar-refractivity contribution in [3.05, 3.63) is 71.9 Å². The van der Waals surface area contributed by atoms with E-state index in [0.717, 1.165) is 5.52 Å². The Labute approximate surface area is 152 Å². The molecule has 0 aliphatic carbocycles. The summed E-state index contributed by atoms with van der Waals surface area (Å²) in [5, 5.41) is 14.3. The number of fused-ring (bicyclic) bond motifs is 1. The highest BCUT2D eigenvalue weighted by Crippen LogP contribution is 2.18. The van der Waals surface area contributed by atoms with E-state index in [2.05, 4.69) is 25.8 Å². The van der Waals surface area contributed by atoms with Gasteiger partial charge in [-0.3, -0.25) is 9.59 Å². The maximum absolute atomic E-state index is 13.4. The molecule has 0 unspecified atom stereocenters. The van der Waals surface area contributed by atoms with Crippen molar-refractivity contribution < 1.29 is 14.0 Å². The summed E-state index contributed by atoms with van der Waals surface area (Å²) in [5.41, 5.74) is 1.46. The lowest BCUT2D eigenvalue weighted by Crippen LogP contribution is -2.31. The Morgan fingerprint density at radius 3 is 2.85 bits per heavy atom. The van der Waals surface area contributed by atoms with E-state index in [1.54, 1.807) is 18.2 Å². The van der Waals surface area contributed by atoms with Crippen molar-refractivity contribution in [3.8, 4) is 5.69 Å². The highest BCUT2D eigenvalue weighted by molar-refractivity contribution is 6.44. The van der Waals surface area contributed by atoms with Gasteiger partial charge < -0.3 is 10.3 Å². The molecule has 2 heterocycles. The van der Waals surface area contributed by atoms with Crippen molar-refractivity contribution in [2.45, 2.75) is 6.54 Å².